The summed E-state index contributed by atoms with van der Waals surface area (Å²) in [4.78, 5) is 24.4. The lowest BCUT2D eigenvalue weighted by Gasteiger charge is -2.17. The van der Waals surface area contributed by atoms with Crippen LogP contribution in [0.25, 0.3) is 0 Å². The van der Waals surface area contributed by atoms with E-state index in [9.17, 15) is 9.59 Å². The predicted molar refractivity (Wildman–Crippen MR) is 101 cm³/mol. The Balaban J connectivity index is 1.54. The maximum absolute atomic E-state index is 12.3. The van der Waals surface area contributed by atoms with Crippen molar-refractivity contribution in [2.45, 2.75) is 45.8 Å². The standard InChI is InChI=1S/C20H25N3O4/c1-13-7-8-17(18(11-13)26-3)27-14(2)20(25)21-9-10-23-19(24)12-15-5-4-6-16(15)22-23/h7-8,11-12,14H,4-6,9-10H2,1-3H3,(H,21,25)/t14-/m1/s1. The highest BCUT2D eigenvalue weighted by atomic mass is 16.5. The summed E-state index contributed by atoms with van der Waals surface area (Å²) in [5.74, 6) is 0.845. The first-order valence-electron chi connectivity index (χ1n) is 9.17. The van der Waals surface area contributed by atoms with E-state index >= 15 is 0 Å². The molecule has 1 N–H and O–H groups in total. The fourth-order valence-electron chi connectivity index (χ4n) is 3.14. The van der Waals surface area contributed by atoms with Gasteiger partial charge in [-0.15, -0.1) is 0 Å². The van der Waals surface area contributed by atoms with Crippen molar-refractivity contribution in [3.8, 4) is 11.5 Å². The van der Waals surface area contributed by atoms with Crippen molar-refractivity contribution in [1.29, 1.82) is 0 Å². The topological polar surface area (TPSA) is 82.4 Å². The molecule has 0 bridgehead atoms. The van der Waals surface area contributed by atoms with E-state index in [1.165, 1.54) is 4.68 Å². The van der Waals surface area contributed by atoms with Gasteiger partial charge in [-0.1, -0.05) is 6.07 Å². The molecule has 0 saturated carbocycles. The fraction of sp³-hybridized carbons (Fsp3) is 0.450. The molecule has 0 radical (unpaired) electrons. The number of benzene rings is 1. The minimum atomic E-state index is -0.689. The van der Waals surface area contributed by atoms with E-state index in [4.69, 9.17) is 9.47 Å². The molecule has 0 aliphatic heterocycles. The molecule has 1 aromatic heterocycles. The molecule has 7 heteroatoms. The molecule has 1 aromatic carbocycles. The van der Waals surface area contributed by atoms with Crippen molar-refractivity contribution in [3.63, 3.8) is 0 Å². The molecule has 2 aromatic rings. The van der Waals surface area contributed by atoms with Gasteiger partial charge in [-0.25, -0.2) is 4.68 Å². The summed E-state index contributed by atoms with van der Waals surface area (Å²) in [6, 6.07) is 7.19. The second kappa shape index (κ2) is 8.24. The van der Waals surface area contributed by atoms with Crippen molar-refractivity contribution in [2.75, 3.05) is 13.7 Å². The second-order valence-electron chi connectivity index (χ2n) is 6.74. The number of methoxy groups -OCH3 is 1. The summed E-state index contributed by atoms with van der Waals surface area (Å²) in [6.07, 6.45) is 2.18. The Labute approximate surface area is 158 Å². The third kappa shape index (κ3) is 4.48. The average molecular weight is 371 g/mol. The van der Waals surface area contributed by atoms with Crippen LogP contribution >= 0.6 is 0 Å². The summed E-state index contributed by atoms with van der Waals surface area (Å²) in [5.41, 5.74) is 2.96. The van der Waals surface area contributed by atoms with Gasteiger partial charge in [0.2, 0.25) is 0 Å². The minimum Gasteiger partial charge on any atom is -0.493 e. The maximum atomic E-state index is 12.3. The van der Waals surface area contributed by atoms with Crippen LogP contribution < -0.4 is 20.3 Å². The molecule has 0 unspecified atom stereocenters. The Kier molecular flexibility index (Phi) is 5.78. The molecule has 0 fully saturated rings. The molecule has 3 rings (SSSR count). The number of amides is 1. The van der Waals surface area contributed by atoms with Crippen molar-refractivity contribution in [1.82, 2.24) is 15.1 Å². The third-order valence-electron chi connectivity index (χ3n) is 4.64. The zero-order valence-electron chi connectivity index (χ0n) is 15.9. The molecule has 1 atom stereocenters. The number of carbonyl (C=O) groups excluding carboxylic acids is 1. The zero-order chi connectivity index (χ0) is 19.4. The molecule has 7 nitrogen and oxygen atoms in total. The smallest absolute Gasteiger partial charge is 0.267 e. The molecule has 0 saturated heterocycles. The van der Waals surface area contributed by atoms with E-state index in [1.807, 2.05) is 19.1 Å². The van der Waals surface area contributed by atoms with Gasteiger partial charge in [0.25, 0.3) is 11.5 Å². The highest BCUT2D eigenvalue weighted by Gasteiger charge is 2.18. The average Bonchev–Trinajstić information content (AvgIpc) is 3.10. The van der Waals surface area contributed by atoms with Gasteiger partial charge in [0.1, 0.15) is 0 Å². The van der Waals surface area contributed by atoms with Crippen LogP contribution in [0.1, 0.15) is 30.2 Å². The largest absolute Gasteiger partial charge is 0.493 e. The molecular weight excluding hydrogens is 346 g/mol. The number of hydrogen-bond acceptors (Lipinski definition) is 5. The molecule has 1 amide bonds. The first kappa shape index (κ1) is 18.9. The Bertz CT molecular complexity index is 891. The van der Waals surface area contributed by atoms with E-state index in [0.29, 0.717) is 24.6 Å². The quantitative estimate of drug-likeness (QED) is 0.800. The first-order valence-corrected chi connectivity index (χ1v) is 9.17. The lowest BCUT2D eigenvalue weighted by molar-refractivity contribution is -0.127. The van der Waals surface area contributed by atoms with Gasteiger partial charge in [0.15, 0.2) is 17.6 Å². The molecule has 27 heavy (non-hydrogen) atoms. The van der Waals surface area contributed by atoms with Crippen molar-refractivity contribution < 1.29 is 14.3 Å². The molecule has 1 aliphatic rings. The number of carbonyl (C=O) groups is 1. The number of aromatic nitrogens is 2. The molecule has 1 heterocycles. The van der Waals surface area contributed by atoms with Crippen LogP contribution in [-0.2, 0) is 24.2 Å². The SMILES string of the molecule is COc1cc(C)ccc1O[C@H](C)C(=O)NCCn1nc2c(cc1=O)CCC2. The monoisotopic (exact) mass is 371 g/mol. The molecule has 0 spiro atoms. The summed E-state index contributed by atoms with van der Waals surface area (Å²) in [6.45, 7) is 4.27. The third-order valence-corrected chi connectivity index (χ3v) is 4.64. The van der Waals surface area contributed by atoms with E-state index in [0.717, 1.165) is 36.1 Å². The molecule has 144 valence electrons. The van der Waals surface area contributed by atoms with Gasteiger partial charge in [-0.3, -0.25) is 9.59 Å². The highest BCUT2D eigenvalue weighted by molar-refractivity contribution is 5.80. The van der Waals surface area contributed by atoms with E-state index < -0.39 is 6.10 Å². The first-order chi connectivity index (χ1) is 13.0. The van der Waals surface area contributed by atoms with Crippen LogP contribution in [0.3, 0.4) is 0 Å². The second-order valence-corrected chi connectivity index (χ2v) is 6.74. The van der Waals surface area contributed by atoms with Gasteiger partial charge < -0.3 is 14.8 Å². The number of aryl methyl sites for hydroxylation is 3. The van der Waals surface area contributed by atoms with E-state index in [1.54, 1.807) is 26.2 Å². The Hall–Kier alpha value is -2.83. The highest BCUT2D eigenvalue weighted by Crippen LogP contribution is 2.28. The number of fused-ring (bicyclic) bond motifs is 1. The van der Waals surface area contributed by atoms with Crippen LogP contribution in [-0.4, -0.2) is 35.4 Å². The van der Waals surface area contributed by atoms with Gasteiger partial charge in [0, 0.05) is 12.6 Å². The predicted octanol–water partition coefficient (Wildman–Crippen LogP) is 1.63. The summed E-state index contributed by atoms with van der Waals surface area (Å²) < 4.78 is 12.4. The van der Waals surface area contributed by atoms with Gasteiger partial charge >= 0.3 is 0 Å². The number of rotatable bonds is 7. The Morgan fingerprint density at radius 2 is 2.11 bits per heavy atom. The lowest BCUT2D eigenvalue weighted by atomic mass is 10.2. The fourth-order valence-corrected chi connectivity index (χ4v) is 3.14. The van der Waals surface area contributed by atoms with Gasteiger partial charge in [0.05, 0.1) is 19.3 Å². The van der Waals surface area contributed by atoms with E-state index in [-0.39, 0.29) is 11.5 Å². The minimum absolute atomic E-state index is 0.126. The van der Waals surface area contributed by atoms with Crippen LogP contribution in [0.2, 0.25) is 0 Å². The molecule has 1 aliphatic carbocycles. The summed E-state index contributed by atoms with van der Waals surface area (Å²) in [5, 5.41) is 7.19. The number of nitrogens with zero attached hydrogens (tertiary/aromatic N) is 2. The van der Waals surface area contributed by atoms with Crippen molar-refractivity contribution in [3.05, 3.63) is 51.4 Å². The normalized spacial score (nSPS) is 13.7. The maximum Gasteiger partial charge on any atom is 0.267 e. The van der Waals surface area contributed by atoms with Crippen LogP contribution in [0.4, 0.5) is 0 Å². The summed E-state index contributed by atoms with van der Waals surface area (Å²) >= 11 is 0. The lowest BCUT2D eigenvalue weighted by Crippen LogP contribution is -2.39. The Morgan fingerprint density at radius 3 is 2.89 bits per heavy atom. The summed E-state index contributed by atoms with van der Waals surface area (Å²) in [7, 11) is 1.56. The van der Waals surface area contributed by atoms with Crippen LogP contribution in [0.15, 0.2) is 29.1 Å². The van der Waals surface area contributed by atoms with Crippen molar-refractivity contribution >= 4 is 5.91 Å². The number of hydrogen-bond donors (Lipinski definition) is 1. The zero-order valence-corrected chi connectivity index (χ0v) is 15.9. The Morgan fingerprint density at radius 1 is 1.30 bits per heavy atom. The van der Waals surface area contributed by atoms with Gasteiger partial charge in [-0.05, 0) is 56.4 Å². The van der Waals surface area contributed by atoms with Crippen LogP contribution in [0, 0.1) is 6.92 Å². The molecular formula is C20H25N3O4. The number of nitrogens with one attached hydrogen (secondary N) is 1. The van der Waals surface area contributed by atoms with Crippen LogP contribution in [0.5, 0.6) is 11.5 Å². The van der Waals surface area contributed by atoms with Crippen molar-refractivity contribution in [2.24, 2.45) is 0 Å². The van der Waals surface area contributed by atoms with Gasteiger partial charge in [-0.2, -0.15) is 5.10 Å². The van der Waals surface area contributed by atoms with E-state index in [2.05, 4.69) is 10.4 Å². The number of ether oxygens (including phenoxy) is 2.